The molecule has 21 heavy (non-hydrogen) atoms. The van der Waals surface area contributed by atoms with Gasteiger partial charge in [-0.1, -0.05) is 49.2 Å². The van der Waals surface area contributed by atoms with Crippen LogP contribution in [0.3, 0.4) is 0 Å². The van der Waals surface area contributed by atoms with Crippen molar-refractivity contribution in [1.29, 1.82) is 0 Å². The Hall–Kier alpha value is -1.88. The van der Waals surface area contributed by atoms with Crippen molar-refractivity contribution in [1.82, 2.24) is 15.5 Å². The maximum atomic E-state index is 11.8. The van der Waals surface area contributed by atoms with E-state index in [4.69, 9.17) is 16.1 Å². The normalized spacial score (nSPS) is 12.1. The molecular weight excluding hydrogens is 290 g/mol. The zero-order valence-corrected chi connectivity index (χ0v) is 12.9. The summed E-state index contributed by atoms with van der Waals surface area (Å²) >= 11 is 5.93. The highest BCUT2D eigenvalue weighted by Crippen LogP contribution is 2.19. The van der Waals surface area contributed by atoms with Gasteiger partial charge in [-0.3, -0.25) is 4.79 Å². The molecule has 1 N–H and O–H groups in total. The minimum atomic E-state index is -0.00896. The fourth-order valence-corrected chi connectivity index (χ4v) is 2.16. The molecule has 1 atom stereocenters. The number of amides is 1. The quantitative estimate of drug-likeness (QED) is 0.887. The molecule has 2 rings (SSSR count). The summed E-state index contributed by atoms with van der Waals surface area (Å²) < 4.78 is 5.13. The third-order valence-electron chi connectivity index (χ3n) is 3.13. The van der Waals surface area contributed by atoms with Crippen LogP contribution < -0.4 is 5.32 Å². The Bertz CT molecular complexity index is 612. The van der Waals surface area contributed by atoms with E-state index in [1.807, 2.05) is 19.1 Å². The van der Waals surface area contributed by atoms with Gasteiger partial charge in [-0.15, -0.1) is 0 Å². The molecule has 0 spiro atoms. The fraction of sp³-hybridized carbons (Fsp3) is 0.400. The van der Waals surface area contributed by atoms with Crippen LogP contribution >= 0.6 is 11.6 Å². The second-order valence-electron chi connectivity index (χ2n) is 4.93. The molecule has 112 valence electrons. The number of aromatic nitrogens is 2. The van der Waals surface area contributed by atoms with Crippen molar-refractivity contribution >= 4 is 17.5 Å². The molecule has 6 heteroatoms. The first-order valence-corrected chi connectivity index (χ1v) is 7.34. The standard InChI is InChI=1S/C15H18ClN3O2/c1-3-5-10(2)15(20)17-9-13-18-14(19-21-13)11-6-4-7-12(16)8-11/h4,6-8,10H,3,5,9H2,1-2H3,(H,17,20). The van der Waals surface area contributed by atoms with Crippen molar-refractivity contribution in [3.05, 3.63) is 35.2 Å². The van der Waals surface area contributed by atoms with Crippen molar-refractivity contribution in [2.24, 2.45) is 5.92 Å². The maximum Gasteiger partial charge on any atom is 0.246 e. The molecule has 0 radical (unpaired) electrons. The van der Waals surface area contributed by atoms with Crippen molar-refractivity contribution < 1.29 is 9.32 Å². The zero-order valence-electron chi connectivity index (χ0n) is 12.1. The first kappa shape index (κ1) is 15.5. The molecule has 0 saturated carbocycles. The number of nitrogens with one attached hydrogen (secondary N) is 1. The Morgan fingerprint density at radius 3 is 3.00 bits per heavy atom. The van der Waals surface area contributed by atoms with Crippen molar-refractivity contribution in [3.8, 4) is 11.4 Å². The Morgan fingerprint density at radius 1 is 1.48 bits per heavy atom. The van der Waals surface area contributed by atoms with Gasteiger partial charge in [0.15, 0.2) is 0 Å². The van der Waals surface area contributed by atoms with Gasteiger partial charge in [0.25, 0.3) is 0 Å². The molecule has 1 aromatic carbocycles. The van der Waals surface area contributed by atoms with E-state index in [0.717, 1.165) is 18.4 Å². The van der Waals surface area contributed by atoms with Gasteiger partial charge >= 0.3 is 0 Å². The number of hydrogen-bond acceptors (Lipinski definition) is 4. The van der Waals surface area contributed by atoms with Crippen LogP contribution in [0.5, 0.6) is 0 Å². The minimum Gasteiger partial charge on any atom is -0.347 e. The highest BCUT2D eigenvalue weighted by molar-refractivity contribution is 6.30. The largest absolute Gasteiger partial charge is 0.347 e. The molecule has 2 aromatic rings. The molecule has 5 nitrogen and oxygen atoms in total. The van der Waals surface area contributed by atoms with Crippen LogP contribution in [0.25, 0.3) is 11.4 Å². The van der Waals surface area contributed by atoms with Gasteiger partial charge in [-0.25, -0.2) is 0 Å². The number of nitrogens with zero attached hydrogens (tertiary/aromatic N) is 2. The molecule has 0 saturated heterocycles. The van der Waals surface area contributed by atoms with E-state index in [9.17, 15) is 4.79 Å². The molecule has 0 aliphatic rings. The molecule has 1 amide bonds. The Labute approximate surface area is 128 Å². The molecule has 0 aliphatic carbocycles. The zero-order chi connectivity index (χ0) is 15.2. The van der Waals surface area contributed by atoms with Gasteiger partial charge in [0.1, 0.15) is 0 Å². The lowest BCUT2D eigenvalue weighted by Gasteiger charge is -2.08. The molecule has 1 aromatic heterocycles. The van der Waals surface area contributed by atoms with Crippen LogP contribution in [0.15, 0.2) is 28.8 Å². The Kier molecular flexibility index (Phi) is 5.33. The first-order chi connectivity index (χ1) is 10.1. The van der Waals surface area contributed by atoms with Gasteiger partial charge in [0.05, 0.1) is 6.54 Å². The van der Waals surface area contributed by atoms with Crippen molar-refractivity contribution in [2.45, 2.75) is 33.2 Å². The van der Waals surface area contributed by atoms with Gasteiger partial charge in [-0.05, 0) is 18.6 Å². The number of halogens is 1. The Balaban J connectivity index is 1.96. The van der Waals surface area contributed by atoms with E-state index in [2.05, 4.69) is 22.4 Å². The second kappa shape index (κ2) is 7.22. The topological polar surface area (TPSA) is 68.0 Å². The number of rotatable bonds is 6. The predicted octanol–water partition coefficient (Wildman–Crippen LogP) is 3.44. The smallest absolute Gasteiger partial charge is 0.246 e. The minimum absolute atomic E-state index is 0.000597. The van der Waals surface area contributed by atoms with E-state index in [1.54, 1.807) is 12.1 Å². The van der Waals surface area contributed by atoms with E-state index in [1.165, 1.54) is 0 Å². The third kappa shape index (κ3) is 4.29. The highest BCUT2D eigenvalue weighted by atomic mass is 35.5. The van der Waals surface area contributed by atoms with Crippen LogP contribution in [0.4, 0.5) is 0 Å². The lowest BCUT2D eigenvalue weighted by Crippen LogP contribution is -2.28. The maximum absolute atomic E-state index is 11.8. The van der Waals surface area contributed by atoms with Crippen LogP contribution in [-0.4, -0.2) is 16.0 Å². The summed E-state index contributed by atoms with van der Waals surface area (Å²) in [6.45, 7) is 4.20. The predicted molar refractivity (Wildman–Crippen MR) is 80.7 cm³/mol. The van der Waals surface area contributed by atoms with E-state index in [-0.39, 0.29) is 18.4 Å². The van der Waals surface area contributed by atoms with E-state index >= 15 is 0 Å². The number of carbonyl (C=O) groups is 1. The van der Waals surface area contributed by atoms with Crippen molar-refractivity contribution in [2.75, 3.05) is 0 Å². The summed E-state index contributed by atoms with van der Waals surface area (Å²) in [5.74, 6) is 0.829. The van der Waals surface area contributed by atoms with Crippen molar-refractivity contribution in [3.63, 3.8) is 0 Å². The molecule has 0 aliphatic heterocycles. The summed E-state index contributed by atoms with van der Waals surface area (Å²) in [6, 6.07) is 7.21. The summed E-state index contributed by atoms with van der Waals surface area (Å²) in [5.41, 5.74) is 0.781. The number of benzene rings is 1. The van der Waals surface area contributed by atoms with Crippen LogP contribution in [0.1, 0.15) is 32.6 Å². The van der Waals surface area contributed by atoms with Crippen LogP contribution in [0.2, 0.25) is 5.02 Å². The Morgan fingerprint density at radius 2 is 2.29 bits per heavy atom. The first-order valence-electron chi connectivity index (χ1n) is 6.96. The SMILES string of the molecule is CCCC(C)C(=O)NCc1nc(-c2cccc(Cl)c2)no1. The third-order valence-corrected chi connectivity index (χ3v) is 3.37. The van der Waals surface area contributed by atoms with Crippen LogP contribution in [0, 0.1) is 5.92 Å². The molecule has 1 heterocycles. The van der Waals surface area contributed by atoms with Gasteiger partial charge < -0.3 is 9.84 Å². The molecular formula is C15H18ClN3O2. The highest BCUT2D eigenvalue weighted by Gasteiger charge is 2.14. The average Bonchev–Trinajstić information content (AvgIpc) is 2.94. The summed E-state index contributed by atoms with van der Waals surface area (Å²) in [5, 5.41) is 7.30. The molecule has 0 fully saturated rings. The van der Waals surface area contributed by atoms with Gasteiger partial charge in [-0.2, -0.15) is 4.98 Å². The summed E-state index contributed by atoms with van der Waals surface area (Å²) in [4.78, 5) is 16.1. The van der Waals surface area contributed by atoms with E-state index in [0.29, 0.717) is 16.7 Å². The molecule has 0 bridgehead atoms. The average molecular weight is 308 g/mol. The fourth-order valence-electron chi connectivity index (χ4n) is 1.97. The lowest BCUT2D eigenvalue weighted by atomic mass is 10.1. The lowest BCUT2D eigenvalue weighted by molar-refractivity contribution is -0.125. The van der Waals surface area contributed by atoms with E-state index < -0.39 is 0 Å². The second-order valence-corrected chi connectivity index (χ2v) is 5.37. The summed E-state index contributed by atoms with van der Waals surface area (Å²) in [7, 11) is 0. The monoisotopic (exact) mass is 307 g/mol. The number of hydrogen-bond donors (Lipinski definition) is 1. The molecule has 1 unspecified atom stereocenters. The van der Waals surface area contributed by atoms with Gasteiger partial charge in [0.2, 0.25) is 17.6 Å². The van der Waals surface area contributed by atoms with Crippen LogP contribution in [-0.2, 0) is 11.3 Å². The van der Waals surface area contributed by atoms with Gasteiger partial charge in [0, 0.05) is 16.5 Å². The number of carbonyl (C=O) groups excluding carboxylic acids is 1. The summed E-state index contributed by atoms with van der Waals surface area (Å²) in [6.07, 6.45) is 1.84.